The third-order valence-corrected chi connectivity index (χ3v) is 7.33. The number of aliphatic hydroxyl groups excluding tert-OH is 1. The largest absolute Gasteiger partial charge is 0.393 e. The zero-order valence-electron chi connectivity index (χ0n) is 19.8. The molecular weight excluding hydrogens is 440 g/mol. The van der Waals surface area contributed by atoms with E-state index in [1.165, 1.54) is 25.7 Å². The molecule has 4 aromatic rings. The average Bonchev–Trinajstić information content (AvgIpc) is 3.66. The van der Waals surface area contributed by atoms with Crippen LogP contribution in [0.3, 0.4) is 0 Å². The quantitative estimate of drug-likeness (QED) is 0.365. The summed E-state index contributed by atoms with van der Waals surface area (Å²) in [4.78, 5) is 14.5. The van der Waals surface area contributed by atoms with Crippen molar-refractivity contribution < 1.29 is 5.11 Å². The van der Waals surface area contributed by atoms with Gasteiger partial charge in [0.25, 0.3) is 0 Å². The van der Waals surface area contributed by atoms with E-state index in [1.807, 2.05) is 23.3 Å². The highest BCUT2D eigenvalue weighted by molar-refractivity contribution is 5.84. The van der Waals surface area contributed by atoms with Crippen molar-refractivity contribution >= 4 is 22.9 Å². The molecular formula is C26H32N8O. The van der Waals surface area contributed by atoms with Crippen LogP contribution >= 0.6 is 0 Å². The third kappa shape index (κ3) is 4.73. The minimum atomic E-state index is -0.183. The van der Waals surface area contributed by atoms with Crippen LogP contribution in [-0.2, 0) is 6.54 Å². The number of aromatic nitrogens is 6. The van der Waals surface area contributed by atoms with Crippen LogP contribution in [0.15, 0.2) is 49.1 Å². The Kier molecular flexibility index (Phi) is 6.08. The highest BCUT2D eigenvalue weighted by Crippen LogP contribution is 2.33. The van der Waals surface area contributed by atoms with E-state index < -0.39 is 0 Å². The summed E-state index contributed by atoms with van der Waals surface area (Å²) in [5.41, 5.74) is 3.89. The number of nitrogens with one attached hydrogen (secondary N) is 2. The molecule has 2 fully saturated rings. The van der Waals surface area contributed by atoms with Gasteiger partial charge in [0.05, 0.1) is 18.1 Å². The van der Waals surface area contributed by atoms with Crippen LogP contribution in [0.2, 0.25) is 0 Å². The monoisotopic (exact) mass is 472 g/mol. The van der Waals surface area contributed by atoms with Gasteiger partial charge < -0.3 is 20.3 Å². The zero-order chi connectivity index (χ0) is 23.6. The summed E-state index contributed by atoms with van der Waals surface area (Å²) in [7, 11) is 0. The molecule has 1 aromatic carbocycles. The third-order valence-electron chi connectivity index (χ3n) is 7.33. The molecule has 0 atom stereocenters. The molecule has 2 aliphatic carbocycles. The number of fused-ring (bicyclic) bond motifs is 1. The lowest BCUT2D eigenvalue weighted by Crippen LogP contribution is -2.29. The summed E-state index contributed by atoms with van der Waals surface area (Å²) < 4.78 is 4.09. The van der Waals surface area contributed by atoms with Crippen molar-refractivity contribution in [2.45, 2.75) is 76.1 Å². The molecule has 0 spiro atoms. The van der Waals surface area contributed by atoms with Gasteiger partial charge in [-0.25, -0.2) is 9.67 Å². The van der Waals surface area contributed by atoms with Crippen LogP contribution in [-0.4, -0.2) is 46.6 Å². The second kappa shape index (κ2) is 9.65. The molecule has 0 bridgehead atoms. The molecule has 0 saturated heterocycles. The fraction of sp³-hybridized carbons (Fsp3) is 0.462. The van der Waals surface area contributed by atoms with Crippen molar-refractivity contribution in [2.24, 2.45) is 0 Å². The van der Waals surface area contributed by atoms with Crippen molar-refractivity contribution in [3.05, 3.63) is 54.6 Å². The molecule has 6 rings (SSSR count). The summed E-state index contributed by atoms with van der Waals surface area (Å²) in [6.45, 7) is 0.636. The van der Waals surface area contributed by atoms with Gasteiger partial charge in [0.15, 0.2) is 17.0 Å². The van der Waals surface area contributed by atoms with Gasteiger partial charge in [-0.05, 0) is 62.3 Å². The molecule has 3 heterocycles. The predicted octanol–water partition coefficient (Wildman–Crippen LogP) is 4.45. The number of hydrogen-bond acceptors (Lipinski definition) is 7. The summed E-state index contributed by atoms with van der Waals surface area (Å²) in [6, 6.07) is 11.0. The number of imidazole rings is 1. The summed E-state index contributed by atoms with van der Waals surface area (Å²) in [5, 5.41) is 21.2. The molecule has 3 aromatic heterocycles. The van der Waals surface area contributed by atoms with Crippen molar-refractivity contribution in [3.63, 3.8) is 0 Å². The first-order chi connectivity index (χ1) is 17.2. The normalized spacial score (nSPS) is 20.9. The van der Waals surface area contributed by atoms with Gasteiger partial charge in [-0.3, -0.25) is 0 Å². The standard InChI is InChI=1S/C26H32N8O/c35-22-12-8-19(9-13-22)30-26-31-24(23-25(32-26)33(17-28-23)20-4-1-2-5-20)27-16-18-6-10-21(11-7-18)34-15-3-14-29-34/h3,6-7,10-11,14-15,17,19-20,22,35H,1-2,4-5,8-9,12-13,16H2,(H2,27,30,31,32). The number of aliphatic hydroxyl groups is 1. The van der Waals surface area contributed by atoms with E-state index in [1.54, 1.807) is 6.20 Å². The predicted molar refractivity (Wildman–Crippen MR) is 136 cm³/mol. The molecule has 9 nitrogen and oxygen atoms in total. The molecule has 0 unspecified atom stereocenters. The van der Waals surface area contributed by atoms with E-state index in [9.17, 15) is 5.11 Å². The average molecular weight is 473 g/mol. The van der Waals surface area contributed by atoms with Crippen molar-refractivity contribution in [3.8, 4) is 5.69 Å². The fourth-order valence-corrected chi connectivity index (χ4v) is 5.33. The molecule has 0 radical (unpaired) electrons. The van der Waals surface area contributed by atoms with E-state index >= 15 is 0 Å². The Morgan fingerprint density at radius 2 is 1.77 bits per heavy atom. The highest BCUT2D eigenvalue weighted by atomic mass is 16.3. The first-order valence-corrected chi connectivity index (χ1v) is 12.7. The van der Waals surface area contributed by atoms with Crippen LogP contribution < -0.4 is 10.6 Å². The minimum absolute atomic E-state index is 0.183. The zero-order valence-corrected chi connectivity index (χ0v) is 19.8. The Balaban J connectivity index is 1.25. The molecule has 2 saturated carbocycles. The molecule has 2 aliphatic rings. The minimum Gasteiger partial charge on any atom is -0.393 e. The lowest BCUT2D eigenvalue weighted by atomic mass is 9.93. The molecule has 0 amide bonds. The van der Waals surface area contributed by atoms with Crippen LogP contribution in [0.25, 0.3) is 16.9 Å². The first kappa shape index (κ1) is 22.0. The molecule has 9 heteroatoms. The Labute approximate surface area is 204 Å². The highest BCUT2D eigenvalue weighted by Gasteiger charge is 2.24. The van der Waals surface area contributed by atoms with E-state index in [-0.39, 0.29) is 12.1 Å². The van der Waals surface area contributed by atoms with Crippen LogP contribution in [0.1, 0.15) is 63.0 Å². The molecule has 182 valence electrons. The molecule has 0 aliphatic heterocycles. The molecule has 35 heavy (non-hydrogen) atoms. The first-order valence-electron chi connectivity index (χ1n) is 12.7. The Hall–Kier alpha value is -3.46. The van der Waals surface area contributed by atoms with Crippen molar-refractivity contribution in [2.75, 3.05) is 10.6 Å². The van der Waals surface area contributed by atoms with Crippen LogP contribution in [0.4, 0.5) is 11.8 Å². The van der Waals surface area contributed by atoms with E-state index in [0.29, 0.717) is 18.5 Å². The second-order valence-corrected chi connectivity index (χ2v) is 9.78. The SMILES string of the molecule is OC1CCC(Nc2nc(NCc3ccc(-n4cccn4)cc3)c3ncn(C4CCCC4)c3n2)CC1. The summed E-state index contributed by atoms with van der Waals surface area (Å²) in [6.07, 6.45) is 13.8. The summed E-state index contributed by atoms with van der Waals surface area (Å²) in [5.74, 6) is 1.39. The smallest absolute Gasteiger partial charge is 0.227 e. The van der Waals surface area contributed by atoms with Gasteiger partial charge in [0, 0.05) is 31.0 Å². The lowest BCUT2D eigenvalue weighted by molar-refractivity contribution is 0.126. The van der Waals surface area contributed by atoms with E-state index in [2.05, 4.69) is 44.6 Å². The maximum absolute atomic E-state index is 9.87. The number of anilines is 2. The number of benzene rings is 1. The molecule has 3 N–H and O–H groups in total. The van der Waals surface area contributed by atoms with Crippen molar-refractivity contribution in [1.29, 1.82) is 0 Å². The van der Waals surface area contributed by atoms with Gasteiger partial charge in [-0.1, -0.05) is 25.0 Å². The Morgan fingerprint density at radius 3 is 2.51 bits per heavy atom. The van der Waals surface area contributed by atoms with E-state index in [4.69, 9.17) is 15.0 Å². The van der Waals surface area contributed by atoms with Crippen molar-refractivity contribution in [1.82, 2.24) is 29.3 Å². The van der Waals surface area contributed by atoms with Gasteiger partial charge in [0.2, 0.25) is 5.95 Å². The number of rotatable bonds is 7. The lowest BCUT2D eigenvalue weighted by Gasteiger charge is -2.26. The summed E-state index contributed by atoms with van der Waals surface area (Å²) >= 11 is 0. The van der Waals surface area contributed by atoms with Gasteiger partial charge >= 0.3 is 0 Å². The fourth-order valence-electron chi connectivity index (χ4n) is 5.33. The number of nitrogens with zero attached hydrogens (tertiary/aromatic N) is 6. The number of hydrogen-bond donors (Lipinski definition) is 3. The van der Waals surface area contributed by atoms with E-state index in [0.717, 1.165) is 53.9 Å². The Bertz CT molecular complexity index is 1250. The maximum Gasteiger partial charge on any atom is 0.227 e. The van der Waals surface area contributed by atoms with Gasteiger partial charge in [0.1, 0.15) is 0 Å². The van der Waals surface area contributed by atoms with Crippen LogP contribution in [0, 0.1) is 0 Å². The van der Waals surface area contributed by atoms with Crippen LogP contribution in [0.5, 0.6) is 0 Å². The Morgan fingerprint density at radius 1 is 0.971 bits per heavy atom. The topological polar surface area (TPSA) is 106 Å². The maximum atomic E-state index is 9.87. The second-order valence-electron chi connectivity index (χ2n) is 9.78. The van der Waals surface area contributed by atoms with Gasteiger partial charge in [-0.2, -0.15) is 15.1 Å². The van der Waals surface area contributed by atoms with Gasteiger partial charge in [-0.15, -0.1) is 0 Å².